The van der Waals surface area contributed by atoms with E-state index in [1.807, 2.05) is 0 Å². The van der Waals surface area contributed by atoms with E-state index >= 15 is 0 Å². The van der Waals surface area contributed by atoms with Crippen LogP contribution in [0.1, 0.15) is 26.7 Å². The van der Waals surface area contributed by atoms with E-state index in [4.69, 9.17) is 4.74 Å². The Labute approximate surface area is 94.2 Å². The van der Waals surface area contributed by atoms with Gasteiger partial charge < -0.3 is 10.1 Å². The van der Waals surface area contributed by atoms with E-state index in [9.17, 15) is 0 Å². The van der Waals surface area contributed by atoms with Crippen LogP contribution in [0.25, 0.3) is 0 Å². The Kier molecular flexibility index (Phi) is 6.22. The Hall–Kier alpha value is -0.120. The molecule has 15 heavy (non-hydrogen) atoms. The summed E-state index contributed by atoms with van der Waals surface area (Å²) in [6, 6.07) is 0.676. The molecular weight excluding hydrogens is 188 g/mol. The van der Waals surface area contributed by atoms with Gasteiger partial charge in [-0.2, -0.15) is 0 Å². The van der Waals surface area contributed by atoms with Crippen LogP contribution in [0, 0.1) is 5.92 Å². The highest BCUT2D eigenvalue weighted by atomic mass is 16.5. The maximum atomic E-state index is 4.99. The molecule has 3 heteroatoms. The fourth-order valence-electron chi connectivity index (χ4n) is 1.71. The molecule has 3 nitrogen and oxygen atoms in total. The first kappa shape index (κ1) is 12.9. The smallest absolute Gasteiger partial charge is 0.0587 e. The molecule has 0 aromatic rings. The zero-order valence-electron chi connectivity index (χ0n) is 10.5. The van der Waals surface area contributed by atoms with Crippen LogP contribution in [0.3, 0.4) is 0 Å². The summed E-state index contributed by atoms with van der Waals surface area (Å²) in [5.74, 6) is 0.992. The lowest BCUT2D eigenvalue weighted by Gasteiger charge is -2.26. The number of hydrogen-bond donors (Lipinski definition) is 1. The second-order valence-electron chi connectivity index (χ2n) is 4.77. The monoisotopic (exact) mass is 214 g/mol. The maximum absolute atomic E-state index is 4.99. The van der Waals surface area contributed by atoms with Gasteiger partial charge in [0.1, 0.15) is 0 Å². The lowest BCUT2D eigenvalue weighted by atomic mass is 10.2. The first-order chi connectivity index (χ1) is 7.24. The van der Waals surface area contributed by atoms with Gasteiger partial charge in [0, 0.05) is 39.3 Å². The third-order valence-corrected chi connectivity index (χ3v) is 2.98. The van der Waals surface area contributed by atoms with Gasteiger partial charge >= 0.3 is 0 Å². The molecule has 0 aromatic carbocycles. The van der Waals surface area contributed by atoms with E-state index in [0.717, 1.165) is 32.2 Å². The Morgan fingerprint density at radius 1 is 1.33 bits per heavy atom. The van der Waals surface area contributed by atoms with E-state index in [-0.39, 0.29) is 0 Å². The molecule has 0 saturated heterocycles. The average Bonchev–Trinajstić information content (AvgIpc) is 2.99. The lowest BCUT2D eigenvalue weighted by Crippen LogP contribution is -2.38. The van der Waals surface area contributed by atoms with Crippen molar-refractivity contribution in [2.45, 2.75) is 32.7 Å². The molecule has 0 heterocycles. The molecule has 1 fully saturated rings. The number of nitrogens with one attached hydrogen (secondary N) is 1. The van der Waals surface area contributed by atoms with Gasteiger partial charge in [0.2, 0.25) is 0 Å². The minimum absolute atomic E-state index is 0.676. The number of rotatable bonds is 9. The van der Waals surface area contributed by atoms with E-state index in [1.165, 1.54) is 19.4 Å². The minimum atomic E-state index is 0.676. The normalized spacial score (nSPS) is 16.6. The summed E-state index contributed by atoms with van der Waals surface area (Å²) >= 11 is 0. The van der Waals surface area contributed by atoms with Crippen LogP contribution in [-0.2, 0) is 4.74 Å². The van der Waals surface area contributed by atoms with Crippen LogP contribution >= 0.6 is 0 Å². The van der Waals surface area contributed by atoms with E-state index in [1.54, 1.807) is 7.11 Å². The summed E-state index contributed by atoms with van der Waals surface area (Å²) in [4.78, 5) is 2.58. The van der Waals surface area contributed by atoms with Crippen molar-refractivity contribution in [3.63, 3.8) is 0 Å². The van der Waals surface area contributed by atoms with Gasteiger partial charge in [-0.1, -0.05) is 0 Å². The number of hydrogen-bond acceptors (Lipinski definition) is 3. The van der Waals surface area contributed by atoms with E-state index in [0.29, 0.717) is 6.04 Å². The van der Waals surface area contributed by atoms with Crippen LogP contribution < -0.4 is 5.32 Å². The highest BCUT2D eigenvalue weighted by Crippen LogP contribution is 2.30. The zero-order chi connectivity index (χ0) is 11.1. The fourth-order valence-corrected chi connectivity index (χ4v) is 1.71. The van der Waals surface area contributed by atoms with Gasteiger partial charge in [0.25, 0.3) is 0 Å². The molecule has 0 aromatic heterocycles. The lowest BCUT2D eigenvalue weighted by molar-refractivity contribution is 0.189. The summed E-state index contributed by atoms with van der Waals surface area (Å²) in [5, 5.41) is 3.40. The molecule has 0 spiro atoms. The minimum Gasteiger partial charge on any atom is -0.383 e. The van der Waals surface area contributed by atoms with Crippen LogP contribution in [0.5, 0.6) is 0 Å². The largest absolute Gasteiger partial charge is 0.383 e. The molecule has 1 N–H and O–H groups in total. The molecule has 1 saturated carbocycles. The predicted molar refractivity (Wildman–Crippen MR) is 64.2 cm³/mol. The van der Waals surface area contributed by atoms with Gasteiger partial charge in [0.05, 0.1) is 6.61 Å². The van der Waals surface area contributed by atoms with Gasteiger partial charge in [-0.3, -0.25) is 4.90 Å². The molecule has 0 amide bonds. The molecule has 0 unspecified atom stereocenters. The van der Waals surface area contributed by atoms with Crippen molar-refractivity contribution in [3.05, 3.63) is 0 Å². The molecular formula is C12H26N2O. The molecule has 1 aliphatic rings. The Morgan fingerprint density at radius 2 is 2.07 bits per heavy atom. The highest BCUT2D eigenvalue weighted by Gasteiger charge is 2.24. The summed E-state index contributed by atoms with van der Waals surface area (Å²) in [7, 11) is 1.75. The van der Waals surface area contributed by atoms with Crippen molar-refractivity contribution in [1.82, 2.24) is 10.2 Å². The fraction of sp³-hybridized carbons (Fsp3) is 1.00. The van der Waals surface area contributed by atoms with Crippen molar-refractivity contribution in [1.29, 1.82) is 0 Å². The third-order valence-electron chi connectivity index (χ3n) is 2.98. The van der Waals surface area contributed by atoms with Crippen molar-refractivity contribution < 1.29 is 4.74 Å². The Balaban J connectivity index is 2.02. The molecule has 90 valence electrons. The van der Waals surface area contributed by atoms with Gasteiger partial charge in [-0.15, -0.1) is 0 Å². The molecule has 0 radical (unpaired) electrons. The number of ether oxygens (including phenoxy) is 1. The average molecular weight is 214 g/mol. The molecule has 0 atom stereocenters. The Morgan fingerprint density at radius 3 is 2.60 bits per heavy atom. The topological polar surface area (TPSA) is 24.5 Å². The maximum Gasteiger partial charge on any atom is 0.0587 e. The zero-order valence-corrected chi connectivity index (χ0v) is 10.5. The van der Waals surface area contributed by atoms with Gasteiger partial charge in [-0.25, -0.2) is 0 Å². The van der Waals surface area contributed by atoms with E-state index < -0.39 is 0 Å². The van der Waals surface area contributed by atoms with Crippen molar-refractivity contribution in [3.8, 4) is 0 Å². The summed E-state index contributed by atoms with van der Waals surface area (Å²) in [6.45, 7) is 9.89. The summed E-state index contributed by atoms with van der Waals surface area (Å²) in [6.07, 6.45) is 2.89. The Bertz CT molecular complexity index is 158. The molecule has 0 aliphatic heterocycles. The standard InChI is InChI=1S/C12H26N2O/c1-11(2)14(10-12-4-5-12)8-6-13-7-9-15-3/h11-13H,4-10H2,1-3H3. The number of methoxy groups -OCH3 is 1. The predicted octanol–water partition coefficient (Wildman–Crippen LogP) is 1.34. The van der Waals surface area contributed by atoms with Crippen molar-refractivity contribution in [2.24, 2.45) is 5.92 Å². The van der Waals surface area contributed by atoms with Gasteiger partial charge in [0.15, 0.2) is 0 Å². The second-order valence-corrected chi connectivity index (χ2v) is 4.77. The van der Waals surface area contributed by atoms with E-state index in [2.05, 4.69) is 24.1 Å². The van der Waals surface area contributed by atoms with Crippen LogP contribution in [0.4, 0.5) is 0 Å². The second kappa shape index (κ2) is 7.20. The summed E-state index contributed by atoms with van der Waals surface area (Å²) < 4.78 is 4.99. The number of nitrogens with zero attached hydrogens (tertiary/aromatic N) is 1. The van der Waals surface area contributed by atoms with Crippen molar-refractivity contribution in [2.75, 3.05) is 39.9 Å². The first-order valence-corrected chi connectivity index (χ1v) is 6.17. The third kappa shape index (κ3) is 6.13. The molecule has 1 rings (SSSR count). The van der Waals surface area contributed by atoms with Crippen LogP contribution in [0.2, 0.25) is 0 Å². The summed E-state index contributed by atoms with van der Waals surface area (Å²) in [5.41, 5.74) is 0. The van der Waals surface area contributed by atoms with Crippen LogP contribution in [-0.4, -0.2) is 50.8 Å². The first-order valence-electron chi connectivity index (χ1n) is 6.17. The highest BCUT2D eigenvalue weighted by molar-refractivity contribution is 4.78. The SMILES string of the molecule is COCCNCCN(CC1CC1)C(C)C. The van der Waals surface area contributed by atoms with Crippen LogP contribution in [0.15, 0.2) is 0 Å². The molecule has 0 bridgehead atoms. The van der Waals surface area contributed by atoms with Gasteiger partial charge in [-0.05, 0) is 32.6 Å². The molecule has 1 aliphatic carbocycles. The van der Waals surface area contributed by atoms with Crippen molar-refractivity contribution >= 4 is 0 Å². The quantitative estimate of drug-likeness (QED) is 0.586.